The molecule has 7 atom stereocenters. The van der Waals surface area contributed by atoms with Crippen LogP contribution in [0.5, 0.6) is 5.75 Å². The summed E-state index contributed by atoms with van der Waals surface area (Å²) in [6, 6.07) is 5.47. The number of aromatic hydroxyl groups is 1. The molecule has 3 unspecified atom stereocenters. The third-order valence-electron chi connectivity index (χ3n) is 6.71. The van der Waals surface area contributed by atoms with Gasteiger partial charge in [-0.2, -0.15) is 0 Å². The Kier molecular flexibility index (Phi) is 3.09. The van der Waals surface area contributed by atoms with Crippen molar-refractivity contribution in [1.29, 1.82) is 0 Å². The van der Waals surface area contributed by atoms with Gasteiger partial charge in [-0.05, 0) is 72.1 Å². The average molecular weight is 304 g/mol. The smallest absolute Gasteiger partial charge is 0.115 e. The summed E-state index contributed by atoms with van der Waals surface area (Å²) in [5.41, 5.74) is 1.97. The summed E-state index contributed by atoms with van der Waals surface area (Å²) >= 11 is 0. The molecule has 120 valence electrons. The van der Waals surface area contributed by atoms with E-state index in [2.05, 4.69) is 6.92 Å². The van der Waals surface area contributed by atoms with Crippen LogP contribution in [0, 0.1) is 17.3 Å². The molecule has 2 fully saturated rings. The Balaban J connectivity index is 1.76. The Morgan fingerprint density at radius 1 is 1.14 bits per heavy atom. The summed E-state index contributed by atoms with van der Waals surface area (Å²) in [6.07, 6.45) is 1.06. The Hall–Kier alpha value is -1.10. The van der Waals surface area contributed by atoms with Crippen molar-refractivity contribution in [1.82, 2.24) is 0 Å². The van der Waals surface area contributed by atoms with Crippen LogP contribution >= 0.6 is 0 Å². The van der Waals surface area contributed by atoms with E-state index in [1.54, 1.807) is 12.1 Å². The van der Waals surface area contributed by atoms with Crippen LogP contribution in [0.25, 0.3) is 0 Å². The minimum Gasteiger partial charge on any atom is -0.508 e. The fourth-order valence-corrected chi connectivity index (χ4v) is 5.58. The molecule has 4 heteroatoms. The monoisotopic (exact) mass is 304 g/mol. The first kappa shape index (κ1) is 14.5. The Morgan fingerprint density at radius 3 is 2.68 bits per heavy atom. The number of benzene rings is 1. The summed E-state index contributed by atoms with van der Waals surface area (Å²) in [5.74, 6) is 0.738. The predicted octanol–water partition coefficient (Wildman–Crippen LogP) is 1.55. The molecule has 4 N–H and O–H groups in total. The van der Waals surface area contributed by atoms with Gasteiger partial charge in [-0.1, -0.05) is 13.0 Å². The minimum atomic E-state index is -0.688. The zero-order chi connectivity index (χ0) is 15.6. The molecule has 1 aromatic rings. The third-order valence-corrected chi connectivity index (χ3v) is 6.71. The molecule has 0 amide bonds. The highest BCUT2D eigenvalue weighted by atomic mass is 16.3. The van der Waals surface area contributed by atoms with Crippen molar-refractivity contribution in [3.8, 4) is 5.75 Å². The normalized spacial score (nSPS) is 46.7. The van der Waals surface area contributed by atoms with Gasteiger partial charge in [0.2, 0.25) is 0 Å². The van der Waals surface area contributed by atoms with Crippen molar-refractivity contribution in [3.05, 3.63) is 29.3 Å². The average Bonchev–Trinajstić information content (AvgIpc) is 2.70. The maximum Gasteiger partial charge on any atom is 0.115 e. The summed E-state index contributed by atoms with van der Waals surface area (Å²) in [6.45, 7) is 2.06. The number of rotatable bonds is 0. The van der Waals surface area contributed by atoms with E-state index < -0.39 is 18.3 Å². The van der Waals surface area contributed by atoms with Gasteiger partial charge in [-0.15, -0.1) is 0 Å². The molecule has 22 heavy (non-hydrogen) atoms. The predicted molar refractivity (Wildman–Crippen MR) is 81.5 cm³/mol. The highest BCUT2D eigenvalue weighted by Crippen LogP contribution is 2.60. The van der Waals surface area contributed by atoms with E-state index in [1.165, 1.54) is 5.56 Å². The maximum atomic E-state index is 10.7. The van der Waals surface area contributed by atoms with Crippen LogP contribution in [0.1, 0.15) is 43.2 Å². The van der Waals surface area contributed by atoms with E-state index in [0.717, 1.165) is 18.4 Å². The lowest BCUT2D eigenvalue weighted by atomic mass is 9.54. The molecule has 0 aromatic heterocycles. The van der Waals surface area contributed by atoms with Gasteiger partial charge in [0.15, 0.2) is 0 Å². The second kappa shape index (κ2) is 4.70. The summed E-state index contributed by atoms with van der Waals surface area (Å²) in [7, 11) is 0. The Labute approximate surface area is 130 Å². The van der Waals surface area contributed by atoms with Gasteiger partial charge in [0.05, 0.1) is 18.3 Å². The van der Waals surface area contributed by atoms with Crippen LogP contribution in [0.2, 0.25) is 0 Å². The molecule has 2 saturated carbocycles. The molecule has 4 rings (SSSR count). The van der Waals surface area contributed by atoms with Crippen LogP contribution < -0.4 is 0 Å². The van der Waals surface area contributed by atoms with Gasteiger partial charge in [-0.25, -0.2) is 0 Å². The van der Waals surface area contributed by atoms with Crippen molar-refractivity contribution in [2.75, 3.05) is 0 Å². The number of phenols is 1. The van der Waals surface area contributed by atoms with Crippen molar-refractivity contribution >= 4 is 0 Å². The first-order valence-electron chi connectivity index (χ1n) is 8.28. The number of phenolic OH excluding ortho intramolecular Hbond substituents is 1. The van der Waals surface area contributed by atoms with Crippen LogP contribution in [0.3, 0.4) is 0 Å². The topological polar surface area (TPSA) is 80.9 Å². The largest absolute Gasteiger partial charge is 0.508 e. The highest BCUT2D eigenvalue weighted by molar-refractivity contribution is 5.41. The first-order valence-corrected chi connectivity index (χ1v) is 8.28. The molecule has 0 saturated heterocycles. The van der Waals surface area contributed by atoms with Gasteiger partial charge in [0.1, 0.15) is 5.75 Å². The fourth-order valence-electron chi connectivity index (χ4n) is 5.58. The van der Waals surface area contributed by atoms with Crippen LogP contribution in [-0.2, 0) is 6.42 Å². The molecule has 0 heterocycles. The number of hydrogen-bond donors (Lipinski definition) is 4. The molecule has 0 bridgehead atoms. The standard InChI is InChI=1S/C18H24O4/c1-18-5-4-12-11-3-2-10(19)6-9(11)7-14(20)16(12)13(18)8-15(21)17(18)22/h2-3,6,12-17,19-22H,4-5,7-8H2,1H3/t12?,13?,14-,15+,16?,17-,18-/m0/s1. The lowest BCUT2D eigenvalue weighted by Crippen LogP contribution is -2.49. The maximum absolute atomic E-state index is 10.7. The second-order valence-electron chi connectivity index (χ2n) is 7.74. The lowest BCUT2D eigenvalue weighted by molar-refractivity contribution is -0.0742. The van der Waals surface area contributed by atoms with E-state index in [-0.39, 0.29) is 28.9 Å². The third kappa shape index (κ3) is 1.81. The molecule has 1 aromatic carbocycles. The Morgan fingerprint density at radius 2 is 1.91 bits per heavy atom. The van der Waals surface area contributed by atoms with E-state index in [0.29, 0.717) is 12.8 Å². The van der Waals surface area contributed by atoms with Crippen LogP contribution in [-0.4, -0.2) is 38.7 Å². The van der Waals surface area contributed by atoms with Gasteiger partial charge in [0, 0.05) is 0 Å². The van der Waals surface area contributed by atoms with Gasteiger partial charge in [0.25, 0.3) is 0 Å². The van der Waals surface area contributed by atoms with E-state index in [1.807, 2.05) is 6.07 Å². The SMILES string of the molecule is C[C@]12CCC3c4ccc(O)cc4C[C@H](O)C3C1C[C@@H](O)[C@@H]2O. The van der Waals surface area contributed by atoms with Crippen molar-refractivity contribution in [2.45, 2.75) is 56.8 Å². The summed E-state index contributed by atoms with van der Waals surface area (Å²) in [4.78, 5) is 0. The van der Waals surface area contributed by atoms with E-state index >= 15 is 0 Å². The van der Waals surface area contributed by atoms with Crippen molar-refractivity contribution < 1.29 is 20.4 Å². The zero-order valence-electron chi connectivity index (χ0n) is 12.8. The lowest BCUT2D eigenvalue weighted by Gasteiger charge is -2.51. The molecule has 0 spiro atoms. The second-order valence-corrected chi connectivity index (χ2v) is 7.74. The van der Waals surface area contributed by atoms with Crippen molar-refractivity contribution in [3.63, 3.8) is 0 Å². The summed E-state index contributed by atoms with van der Waals surface area (Å²) in [5, 5.41) is 40.9. The highest BCUT2D eigenvalue weighted by Gasteiger charge is 2.59. The molecule has 0 radical (unpaired) electrons. The summed E-state index contributed by atoms with van der Waals surface area (Å²) < 4.78 is 0. The van der Waals surface area contributed by atoms with E-state index in [9.17, 15) is 20.4 Å². The van der Waals surface area contributed by atoms with Gasteiger partial charge < -0.3 is 20.4 Å². The molecule has 3 aliphatic rings. The first-order chi connectivity index (χ1) is 10.4. The molecule has 4 nitrogen and oxygen atoms in total. The number of hydrogen-bond acceptors (Lipinski definition) is 4. The van der Waals surface area contributed by atoms with E-state index in [4.69, 9.17) is 0 Å². The number of aliphatic hydroxyl groups excluding tert-OH is 3. The Bertz CT molecular complexity index is 601. The van der Waals surface area contributed by atoms with Gasteiger partial charge in [-0.3, -0.25) is 0 Å². The molecule has 0 aliphatic heterocycles. The van der Waals surface area contributed by atoms with Gasteiger partial charge >= 0.3 is 0 Å². The zero-order valence-corrected chi connectivity index (χ0v) is 12.8. The van der Waals surface area contributed by atoms with Crippen LogP contribution in [0.4, 0.5) is 0 Å². The van der Waals surface area contributed by atoms with Crippen LogP contribution in [0.15, 0.2) is 18.2 Å². The minimum absolute atomic E-state index is 0.0857. The quantitative estimate of drug-likeness (QED) is 0.586. The fraction of sp³-hybridized carbons (Fsp3) is 0.667. The van der Waals surface area contributed by atoms with Crippen molar-refractivity contribution in [2.24, 2.45) is 17.3 Å². The molecular formula is C18H24O4. The number of aliphatic hydroxyl groups is 3. The molecular weight excluding hydrogens is 280 g/mol. The number of fused-ring (bicyclic) bond motifs is 5. The molecule has 3 aliphatic carbocycles.